The third kappa shape index (κ3) is 6.37. The van der Waals surface area contributed by atoms with Crippen molar-refractivity contribution >= 4 is 17.6 Å². The fourth-order valence-corrected chi connectivity index (χ4v) is 2.78. The van der Waals surface area contributed by atoms with Gasteiger partial charge in [-0.1, -0.05) is 56.8 Å². The van der Waals surface area contributed by atoms with Gasteiger partial charge in [-0.2, -0.15) is 0 Å². The van der Waals surface area contributed by atoms with Crippen molar-refractivity contribution in [1.82, 2.24) is 0 Å². The van der Waals surface area contributed by atoms with E-state index in [2.05, 4.69) is 13.8 Å². The maximum atomic E-state index is 11.6. The molecule has 1 rings (SSSR count). The van der Waals surface area contributed by atoms with Crippen LogP contribution in [0.2, 0.25) is 5.02 Å². The Morgan fingerprint density at radius 2 is 2.05 bits per heavy atom. The molecule has 0 aliphatic rings. The van der Waals surface area contributed by atoms with Gasteiger partial charge in [0.1, 0.15) is 6.61 Å². The van der Waals surface area contributed by atoms with Crippen molar-refractivity contribution in [3.05, 3.63) is 34.9 Å². The van der Waals surface area contributed by atoms with E-state index in [1.807, 2.05) is 24.3 Å². The molecule has 0 saturated heterocycles. The van der Waals surface area contributed by atoms with Gasteiger partial charge < -0.3 is 9.47 Å². The molecule has 0 aliphatic carbocycles. The summed E-state index contributed by atoms with van der Waals surface area (Å²) < 4.78 is 10.9. The fraction of sp³-hybridized carbons (Fsp3) is 0.611. The number of hydrogen-bond donors (Lipinski definition) is 0. The number of halogens is 1. The normalized spacial score (nSPS) is 13.6. The van der Waals surface area contributed by atoms with E-state index in [-0.39, 0.29) is 18.7 Å². The Bertz CT molecular complexity index is 448. The van der Waals surface area contributed by atoms with Gasteiger partial charge in [0, 0.05) is 5.02 Å². The van der Waals surface area contributed by atoms with Crippen molar-refractivity contribution in [3.8, 4) is 0 Å². The molecular weight excluding hydrogens is 300 g/mol. The second kappa shape index (κ2) is 10.6. The Kier molecular flexibility index (Phi) is 9.17. The average Bonchev–Trinajstić information content (AvgIpc) is 2.50. The number of carbonyl (C=O) groups is 1. The standard InChI is InChI=1S/C18H27ClO3/c1-4-7-9-14(5-2)18(22-13-17(20)21-6-3)15-10-8-11-16(19)12-15/h8,10-12,14,18H,4-7,9,13H2,1-3H3/t14-,18+/m0/s1. The van der Waals surface area contributed by atoms with Crippen molar-refractivity contribution < 1.29 is 14.3 Å². The van der Waals surface area contributed by atoms with E-state index in [0.717, 1.165) is 31.2 Å². The first-order valence-corrected chi connectivity index (χ1v) is 8.52. The summed E-state index contributed by atoms with van der Waals surface area (Å²) in [5.41, 5.74) is 1.03. The lowest BCUT2D eigenvalue weighted by molar-refractivity contribution is -0.152. The smallest absolute Gasteiger partial charge is 0.332 e. The van der Waals surface area contributed by atoms with E-state index in [1.54, 1.807) is 6.92 Å². The Morgan fingerprint density at radius 3 is 2.64 bits per heavy atom. The van der Waals surface area contributed by atoms with Gasteiger partial charge in [0.2, 0.25) is 0 Å². The van der Waals surface area contributed by atoms with E-state index in [0.29, 0.717) is 17.5 Å². The minimum atomic E-state index is -0.320. The summed E-state index contributed by atoms with van der Waals surface area (Å²) in [6, 6.07) is 7.70. The lowest BCUT2D eigenvalue weighted by Crippen LogP contribution is -2.21. The quantitative estimate of drug-likeness (QED) is 0.556. The minimum absolute atomic E-state index is 0.0202. The zero-order valence-corrected chi connectivity index (χ0v) is 14.6. The average molecular weight is 327 g/mol. The molecule has 0 bridgehead atoms. The summed E-state index contributed by atoms with van der Waals surface area (Å²) in [6.07, 6.45) is 4.25. The minimum Gasteiger partial charge on any atom is -0.464 e. The second-order valence-corrected chi connectivity index (χ2v) is 5.84. The summed E-state index contributed by atoms with van der Waals surface area (Å²) in [5, 5.41) is 0.688. The van der Waals surface area contributed by atoms with Crippen LogP contribution in [-0.2, 0) is 14.3 Å². The maximum absolute atomic E-state index is 11.6. The lowest BCUT2D eigenvalue weighted by Gasteiger charge is -2.27. The first kappa shape index (κ1) is 19.0. The van der Waals surface area contributed by atoms with Gasteiger partial charge in [-0.3, -0.25) is 0 Å². The molecule has 4 heteroatoms. The highest BCUT2D eigenvalue weighted by atomic mass is 35.5. The van der Waals surface area contributed by atoms with Crippen molar-refractivity contribution in [1.29, 1.82) is 0 Å². The molecule has 0 heterocycles. The van der Waals surface area contributed by atoms with Crippen LogP contribution in [0, 0.1) is 5.92 Å². The van der Waals surface area contributed by atoms with Crippen LogP contribution in [0.5, 0.6) is 0 Å². The van der Waals surface area contributed by atoms with Gasteiger partial charge in [0.05, 0.1) is 12.7 Å². The van der Waals surface area contributed by atoms with Gasteiger partial charge in [0.25, 0.3) is 0 Å². The Balaban J connectivity index is 2.85. The zero-order chi connectivity index (χ0) is 16.4. The summed E-state index contributed by atoms with van der Waals surface area (Å²) in [5.74, 6) is 0.0488. The molecular formula is C18H27ClO3. The number of hydrogen-bond acceptors (Lipinski definition) is 3. The van der Waals surface area contributed by atoms with E-state index in [9.17, 15) is 4.79 Å². The summed E-state index contributed by atoms with van der Waals surface area (Å²) in [7, 11) is 0. The number of carbonyl (C=O) groups excluding carboxylic acids is 1. The van der Waals surface area contributed by atoms with Crippen LogP contribution < -0.4 is 0 Å². The largest absolute Gasteiger partial charge is 0.464 e. The van der Waals surface area contributed by atoms with Crippen LogP contribution in [0.4, 0.5) is 0 Å². The van der Waals surface area contributed by atoms with Gasteiger partial charge in [-0.05, 0) is 37.0 Å². The Hall–Kier alpha value is -1.06. The second-order valence-electron chi connectivity index (χ2n) is 5.40. The highest BCUT2D eigenvalue weighted by Crippen LogP contribution is 2.33. The predicted octanol–water partition coefficient (Wildman–Crippen LogP) is 5.18. The highest BCUT2D eigenvalue weighted by molar-refractivity contribution is 6.30. The molecule has 1 aromatic carbocycles. The fourth-order valence-electron chi connectivity index (χ4n) is 2.58. The van der Waals surface area contributed by atoms with Crippen LogP contribution in [-0.4, -0.2) is 19.2 Å². The van der Waals surface area contributed by atoms with E-state index in [4.69, 9.17) is 21.1 Å². The molecule has 0 aliphatic heterocycles. The van der Waals surface area contributed by atoms with Crippen LogP contribution >= 0.6 is 11.6 Å². The van der Waals surface area contributed by atoms with Crippen molar-refractivity contribution in [2.45, 2.75) is 52.6 Å². The summed E-state index contributed by atoms with van der Waals surface area (Å²) in [4.78, 5) is 11.6. The van der Waals surface area contributed by atoms with E-state index < -0.39 is 0 Å². The summed E-state index contributed by atoms with van der Waals surface area (Å²) in [6.45, 7) is 6.49. The molecule has 0 fully saturated rings. The number of ether oxygens (including phenoxy) is 2. The van der Waals surface area contributed by atoms with Crippen molar-refractivity contribution in [3.63, 3.8) is 0 Å². The molecule has 124 valence electrons. The molecule has 1 aromatic rings. The monoisotopic (exact) mass is 326 g/mol. The van der Waals surface area contributed by atoms with Gasteiger partial charge >= 0.3 is 5.97 Å². The van der Waals surface area contributed by atoms with Gasteiger partial charge in [-0.25, -0.2) is 4.79 Å². The highest BCUT2D eigenvalue weighted by Gasteiger charge is 2.23. The molecule has 22 heavy (non-hydrogen) atoms. The SMILES string of the molecule is CCCC[C@H](CC)[C@@H](OCC(=O)OCC)c1cccc(Cl)c1. The van der Waals surface area contributed by atoms with Crippen LogP contribution in [0.25, 0.3) is 0 Å². The maximum Gasteiger partial charge on any atom is 0.332 e. The van der Waals surface area contributed by atoms with Gasteiger partial charge in [-0.15, -0.1) is 0 Å². The summed E-state index contributed by atoms with van der Waals surface area (Å²) >= 11 is 6.11. The lowest BCUT2D eigenvalue weighted by atomic mass is 9.89. The molecule has 0 N–H and O–H groups in total. The molecule has 0 aromatic heterocycles. The van der Waals surface area contributed by atoms with Gasteiger partial charge in [0.15, 0.2) is 0 Å². The third-order valence-corrected chi connectivity index (χ3v) is 3.98. The number of rotatable bonds is 10. The van der Waals surface area contributed by atoms with Crippen LogP contribution in [0.3, 0.4) is 0 Å². The number of unbranched alkanes of at least 4 members (excludes halogenated alkanes) is 1. The zero-order valence-electron chi connectivity index (χ0n) is 13.8. The molecule has 0 amide bonds. The number of benzene rings is 1. The predicted molar refractivity (Wildman–Crippen MR) is 90.1 cm³/mol. The van der Waals surface area contributed by atoms with Crippen LogP contribution in [0.1, 0.15) is 58.1 Å². The molecule has 0 radical (unpaired) electrons. The van der Waals surface area contributed by atoms with E-state index in [1.165, 1.54) is 0 Å². The third-order valence-electron chi connectivity index (χ3n) is 3.74. The van der Waals surface area contributed by atoms with Crippen LogP contribution in [0.15, 0.2) is 24.3 Å². The first-order valence-electron chi connectivity index (χ1n) is 8.15. The Labute approximate surface area is 139 Å². The number of esters is 1. The molecule has 2 atom stereocenters. The Morgan fingerprint density at radius 1 is 1.27 bits per heavy atom. The molecule has 0 spiro atoms. The molecule has 3 nitrogen and oxygen atoms in total. The van der Waals surface area contributed by atoms with Crippen molar-refractivity contribution in [2.24, 2.45) is 5.92 Å². The molecule has 0 unspecified atom stereocenters. The van der Waals surface area contributed by atoms with E-state index >= 15 is 0 Å². The first-order chi connectivity index (χ1) is 10.6. The topological polar surface area (TPSA) is 35.5 Å². The van der Waals surface area contributed by atoms with Crippen molar-refractivity contribution in [2.75, 3.05) is 13.2 Å². The molecule has 0 saturated carbocycles.